The average molecular weight is 316 g/mol. The Labute approximate surface area is 135 Å². The third-order valence-corrected chi connectivity index (χ3v) is 4.10. The summed E-state index contributed by atoms with van der Waals surface area (Å²) in [6.45, 7) is 5.83. The van der Waals surface area contributed by atoms with Crippen molar-refractivity contribution >= 4 is 5.95 Å². The summed E-state index contributed by atoms with van der Waals surface area (Å²) < 4.78 is 19.7. The molecule has 2 heterocycles. The summed E-state index contributed by atoms with van der Waals surface area (Å²) in [5, 5.41) is 8.54. The van der Waals surface area contributed by atoms with E-state index < -0.39 is 0 Å². The molecule has 1 unspecified atom stereocenters. The molecule has 1 fully saturated rings. The van der Waals surface area contributed by atoms with Gasteiger partial charge < -0.3 is 9.64 Å². The van der Waals surface area contributed by atoms with Crippen LogP contribution in [0.1, 0.15) is 36.9 Å². The topological polar surface area (TPSA) is 51.1 Å². The molecule has 1 saturated heterocycles. The van der Waals surface area contributed by atoms with Gasteiger partial charge in [0.1, 0.15) is 11.9 Å². The quantitative estimate of drug-likeness (QED) is 0.868. The lowest BCUT2D eigenvalue weighted by atomic mass is 10.1. The highest BCUT2D eigenvalue weighted by Crippen LogP contribution is 2.26. The fourth-order valence-corrected chi connectivity index (χ4v) is 2.82. The molecule has 1 atom stereocenters. The van der Waals surface area contributed by atoms with Crippen LogP contribution in [0.2, 0.25) is 0 Å². The third kappa shape index (κ3) is 3.32. The summed E-state index contributed by atoms with van der Waals surface area (Å²) in [6.07, 6.45) is 1.33. The van der Waals surface area contributed by atoms with E-state index in [0.717, 1.165) is 24.2 Å². The highest BCUT2D eigenvalue weighted by molar-refractivity contribution is 5.33. The van der Waals surface area contributed by atoms with E-state index in [9.17, 15) is 4.39 Å². The minimum atomic E-state index is -0.315. The van der Waals surface area contributed by atoms with E-state index in [0.29, 0.717) is 31.2 Å². The lowest BCUT2D eigenvalue weighted by molar-refractivity contribution is 0.0369. The molecular formula is C17H21FN4O. The molecule has 5 nitrogen and oxygen atoms in total. The van der Waals surface area contributed by atoms with Crippen LogP contribution in [0.4, 0.5) is 10.3 Å². The number of aromatic nitrogens is 3. The van der Waals surface area contributed by atoms with E-state index in [-0.39, 0.29) is 11.9 Å². The van der Waals surface area contributed by atoms with Gasteiger partial charge in [0.25, 0.3) is 0 Å². The number of rotatable bonds is 4. The van der Waals surface area contributed by atoms with Gasteiger partial charge in [0, 0.05) is 12.1 Å². The van der Waals surface area contributed by atoms with E-state index in [1.54, 1.807) is 12.1 Å². The zero-order valence-corrected chi connectivity index (χ0v) is 13.5. The van der Waals surface area contributed by atoms with Crippen molar-refractivity contribution in [3.63, 3.8) is 0 Å². The Morgan fingerprint density at radius 2 is 1.96 bits per heavy atom. The SMILES string of the molecule is CCc1nnc(N2CCOC(c3ccccc3F)C2)nc1CC. The Bertz CT molecular complexity index is 679. The second-order valence-electron chi connectivity index (χ2n) is 5.54. The second kappa shape index (κ2) is 7.00. The highest BCUT2D eigenvalue weighted by Gasteiger charge is 2.26. The van der Waals surface area contributed by atoms with Gasteiger partial charge in [-0.2, -0.15) is 5.10 Å². The monoisotopic (exact) mass is 316 g/mol. The summed E-state index contributed by atoms with van der Waals surface area (Å²) in [5.41, 5.74) is 2.49. The molecule has 0 aliphatic carbocycles. The molecule has 3 rings (SSSR count). The standard InChI is InChI=1S/C17H21FN4O/c1-3-14-15(4-2)20-21-17(19-14)22-9-10-23-16(11-22)12-7-5-6-8-13(12)18/h5-8,16H,3-4,9-11H2,1-2H3. The average Bonchev–Trinajstić information content (AvgIpc) is 2.61. The molecule has 0 saturated carbocycles. The Morgan fingerprint density at radius 1 is 1.17 bits per heavy atom. The molecule has 2 aromatic rings. The van der Waals surface area contributed by atoms with Crippen LogP contribution >= 0.6 is 0 Å². The molecule has 1 aromatic carbocycles. The maximum atomic E-state index is 14.0. The number of benzene rings is 1. The lowest BCUT2D eigenvalue weighted by Gasteiger charge is -2.33. The maximum Gasteiger partial charge on any atom is 0.245 e. The largest absolute Gasteiger partial charge is 0.370 e. The Kier molecular flexibility index (Phi) is 4.81. The van der Waals surface area contributed by atoms with Crippen molar-refractivity contribution in [3.05, 3.63) is 47.0 Å². The molecule has 1 aliphatic heterocycles. The molecule has 6 heteroatoms. The van der Waals surface area contributed by atoms with Crippen molar-refractivity contribution < 1.29 is 9.13 Å². The van der Waals surface area contributed by atoms with Gasteiger partial charge in [-0.05, 0) is 18.9 Å². The lowest BCUT2D eigenvalue weighted by Crippen LogP contribution is -2.40. The van der Waals surface area contributed by atoms with Gasteiger partial charge in [-0.1, -0.05) is 32.0 Å². The Hall–Kier alpha value is -2.08. The maximum absolute atomic E-state index is 14.0. The molecule has 0 radical (unpaired) electrons. The number of anilines is 1. The fraction of sp³-hybridized carbons (Fsp3) is 0.471. The van der Waals surface area contributed by atoms with E-state index >= 15 is 0 Å². The van der Waals surface area contributed by atoms with E-state index in [4.69, 9.17) is 4.74 Å². The first-order valence-electron chi connectivity index (χ1n) is 8.06. The summed E-state index contributed by atoms with van der Waals surface area (Å²) >= 11 is 0. The first kappa shape index (κ1) is 15.8. The van der Waals surface area contributed by atoms with Crippen molar-refractivity contribution in [2.24, 2.45) is 0 Å². The smallest absolute Gasteiger partial charge is 0.245 e. The third-order valence-electron chi connectivity index (χ3n) is 4.10. The summed E-state index contributed by atoms with van der Waals surface area (Å²) in [6, 6.07) is 6.73. The van der Waals surface area contributed by atoms with Crippen LogP contribution in [-0.2, 0) is 17.6 Å². The van der Waals surface area contributed by atoms with E-state index in [2.05, 4.69) is 22.1 Å². The summed E-state index contributed by atoms with van der Waals surface area (Å²) in [5.74, 6) is 0.359. The second-order valence-corrected chi connectivity index (χ2v) is 5.54. The van der Waals surface area contributed by atoms with Crippen LogP contribution in [-0.4, -0.2) is 34.9 Å². The molecule has 0 N–H and O–H groups in total. The predicted molar refractivity (Wildman–Crippen MR) is 85.9 cm³/mol. The summed E-state index contributed by atoms with van der Waals surface area (Å²) in [4.78, 5) is 6.66. The van der Waals surface area contributed by atoms with Gasteiger partial charge >= 0.3 is 0 Å². The van der Waals surface area contributed by atoms with Crippen LogP contribution in [0.5, 0.6) is 0 Å². The van der Waals surface area contributed by atoms with E-state index in [1.165, 1.54) is 6.07 Å². The van der Waals surface area contributed by atoms with E-state index in [1.807, 2.05) is 17.9 Å². The van der Waals surface area contributed by atoms with Gasteiger partial charge in [-0.15, -0.1) is 5.10 Å². The number of hydrogen-bond donors (Lipinski definition) is 0. The number of nitrogens with zero attached hydrogens (tertiary/aromatic N) is 4. The molecule has 0 bridgehead atoms. The van der Waals surface area contributed by atoms with Gasteiger partial charge in [-0.25, -0.2) is 9.37 Å². The van der Waals surface area contributed by atoms with Crippen LogP contribution < -0.4 is 4.90 Å². The zero-order valence-electron chi connectivity index (χ0n) is 13.5. The number of aryl methyl sites for hydroxylation is 2. The molecule has 1 aromatic heterocycles. The first-order chi connectivity index (χ1) is 11.2. The van der Waals surface area contributed by atoms with Crippen LogP contribution in [0.25, 0.3) is 0 Å². The molecule has 1 aliphatic rings. The van der Waals surface area contributed by atoms with Gasteiger partial charge in [0.05, 0.1) is 24.5 Å². The minimum Gasteiger partial charge on any atom is -0.370 e. The molecular weight excluding hydrogens is 295 g/mol. The van der Waals surface area contributed by atoms with Crippen molar-refractivity contribution in [3.8, 4) is 0 Å². The van der Waals surface area contributed by atoms with Crippen molar-refractivity contribution in [1.82, 2.24) is 15.2 Å². The summed E-state index contributed by atoms with van der Waals surface area (Å²) in [7, 11) is 0. The van der Waals surface area contributed by atoms with Gasteiger partial charge in [-0.3, -0.25) is 0 Å². The van der Waals surface area contributed by atoms with Crippen LogP contribution in [0.3, 0.4) is 0 Å². The Balaban J connectivity index is 1.83. The fourth-order valence-electron chi connectivity index (χ4n) is 2.82. The number of morpholine rings is 1. The molecule has 122 valence electrons. The zero-order chi connectivity index (χ0) is 16.2. The Morgan fingerprint density at radius 3 is 2.70 bits per heavy atom. The molecule has 23 heavy (non-hydrogen) atoms. The van der Waals surface area contributed by atoms with Crippen molar-refractivity contribution in [2.45, 2.75) is 32.8 Å². The van der Waals surface area contributed by atoms with Gasteiger partial charge in [0.15, 0.2) is 0 Å². The highest BCUT2D eigenvalue weighted by atomic mass is 19.1. The number of halogens is 1. The number of hydrogen-bond acceptors (Lipinski definition) is 5. The van der Waals surface area contributed by atoms with Crippen molar-refractivity contribution in [1.29, 1.82) is 0 Å². The molecule has 0 amide bonds. The van der Waals surface area contributed by atoms with Crippen LogP contribution in [0, 0.1) is 5.82 Å². The molecule has 0 spiro atoms. The van der Waals surface area contributed by atoms with Gasteiger partial charge in [0.2, 0.25) is 5.95 Å². The minimum absolute atomic E-state index is 0.242. The van der Waals surface area contributed by atoms with Crippen molar-refractivity contribution in [2.75, 3.05) is 24.6 Å². The normalized spacial score (nSPS) is 18.2. The number of ether oxygens (including phenoxy) is 1. The first-order valence-corrected chi connectivity index (χ1v) is 8.06. The van der Waals surface area contributed by atoms with Crippen LogP contribution in [0.15, 0.2) is 24.3 Å². The predicted octanol–water partition coefficient (Wildman–Crippen LogP) is 2.71.